The maximum atomic E-state index is 5.69. The van der Waals surface area contributed by atoms with Crippen LogP contribution < -0.4 is 5.73 Å². The lowest BCUT2D eigenvalue weighted by molar-refractivity contribution is 0.409. The zero-order chi connectivity index (χ0) is 14.3. The van der Waals surface area contributed by atoms with Gasteiger partial charge in [-0.2, -0.15) is 0 Å². The van der Waals surface area contributed by atoms with Gasteiger partial charge in [-0.15, -0.1) is 0 Å². The SMILES string of the molecule is C=C/C=C(\C=C/C)c1cc(C(/C=C(\C)N)=C/C)on1. The van der Waals surface area contributed by atoms with Crippen molar-refractivity contribution in [1.82, 2.24) is 5.16 Å². The van der Waals surface area contributed by atoms with Crippen molar-refractivity contribution in [3.8, 4) is 0 Å². The van der Waals surface area contributed by atoms with Crippen molar-refractivity contribution < 1.29 is 4.52 Å². The van der Waals surface area contributed by atoms with Crippen LogP contribution in [0.3, 0.4) is 0 Å². The topological polar surface area (TPSA) is 52.0 Å². The van der Waals surface area contributed by atoms with E-state index in [1.807, 2.05) is 57.2 Å². The zero-order valence-electron chi connectivity index (χ0n) is 11.7. The smallest absolute Gasteiger partial charge is 0.167 e. The fourth-order valence-corrected chi connectivity index (χ4v) is 1.62. The first-order valence-corrected chi connectivity index (χ1v) is 6.15. The second-order valence-electron chi connectivity index (χ2n) is 4.07. The minimum Gasteiger partial charge on any atom is -0.402 e. The molecule has 0 spiro atoms. The molecule has 0 bridgehead atoms. The fourth-order valence-electron chi connectivity index (χ4n) is 1.62. The highest BCUT2D eigenvalue weighted by atomic mass is 16.5. The molecule has 1 aromatic rings. The van der Waals surface area contributed by atoms with E-state index in [4.69, 9.17) is 10.3 Å². The summed E-state index contributed by atoms with van der Waals surface area (Å²) in [4.78, 5) is 0. The number of rotatable bonds is 5. The van der Waals surface area contributed by atoms with E-state index in [2.05, 4.69) is 11.7 Å². The second-order valence-corrected chi connectivity index (χ2v) is 4.07. The molecule has 1 aromatic heterocycles. The largest absolute Gasteiger partial charge is 0.402 e. The monoisotopic (exact) mass is 256 g/mol. The molecule has 0 radical (unpaired) electrons. The number of hydrogen-bond acceptors (Lipinski definition) is 3. The summed E-state index contributed by atoms with van der Waals surface area (Å²) >= 11 is 0. The van der Waals surface area contributed by atoms with Crippen molar-refractivity contribution in [2.24, 2.45) is 5.73 Å². The van der Waals surface area contributed by atoms with E-state index in [1.54, 1.807) is 6.08 Å². The Hall–Kier alpha value is -2.29. The van der Waals surface area contributed by atoms with Crippen LogP contribution in [-0.4, -0.2) is 5.16 Å². The lowest BCUT2D eigenvalue weighted by Crippen LogP contribution is -1.90. The molecule has 1 rings (SSSR count). The number of nitrogens with two attached hydrogens (primary N) is 1. The highest BCUT2D eigenvalue weighted by Gasteiger charge is 2.09. The molecule has 3 nitrogen and oxygen atoms in total. The van der Waals surface area contributed by atoms with Crippen LogP contribution in [0.4, 0.5) is 0 Å². The Kier molecular flexibility index (Phi) is 5.61. The molecular weight excluding hydrogens is 236 g/mol. The summed E-state index contributed by atoms with van der Waals surface area (Å²) in [6.07, 6.45) is 11.3. The Morgan fingerprint density at radius 2 is 2.11 bits per heavy atom. The lowest BCUT2D eigenvalue weighted by Gasteiger charge is -1.96. The first kappa shape index (κ1) is 14.8. The van der Waals surface area contributed by atoms with Crippen molar-refractivity contribution in [2.45, 2.75) is 20.8 Å². The summed E-state index contributed by atoms with van der Waals surface area (Å²) in [5, 5.41) is 4.08. The predicted octanol–water partition coefficient (Wildman–Crippen LogP) is 4.09. The van der Waals surface area contributed by atoms with E-state index in [0.717, 1.165) is 22.5 Å². The van der Waals surface area contributed by atoms with Crippen molar-refractivity contribution in [3.05, 3.63) is 66.3 Å². The van der Waals surface area contributed by atoms with Crippen molar-refractivity contribution in [3.63, 3.8) is 0 Å². The second kappa shape index (κ2) is 7.21. The minimum atomic E-state index is 0.696. The number of hydrogen-bond donors (Lipinski definition) is 1. The third kappa shape index (κ3) is 4.14. The van der Waals surface area contributed by atoms with Crippen LogP contribution in [0.2, 0.25) is 0 Å². The molecule has 19 heavy (non-hydrogen) atoms. The Morgan fingerprint density at radius 1 is 1.37 bits per heavy atom. The molecule has 0 amide bonds. The molecule has 0 atom stereocenters. The molecule has 0 fully saturated rings. The van der Waals surface area contributed by atoms with Crippen molar-refractivity contribution >= 4 is 11.1 Å². The Balaban J connectivity index is 3.15. The number of aromatic nitrogens is 1. The van der Waals surface area contributed by atoms with E-state index in [0.29, 0.717) is 5.76 Å². The average Bonchev–Trinajstić information content (AvgIpc) is 2.84. The van der Waals surface area contributed by atoms with Gasteiger partial charge in [0.1, 0.15) is 5.69 Å². The third-order valence-electron chi connectivity index (χ3n) is 2.43. The Bertz CT molecular complexity index is 553. The van der Waals surface area contributed by atoms with Gasteiger partial charge in [0.2, 0.25) is 0 Å². The van der Waals surface area contributed by atoms with Crippen LogP contribution in [0, 0.1) is 0 Å². The molecule has 0 aliphatic carbocycles. The van der Waals surface area contributed by atoms with Gasteiger partial charge in [0.25, 0.3) is 0 Å². The van der Waals surface area contributed by atoms with Crippen LogP contribution >= 0.6 is 0 Å². The molecule has 1 heterocycles. The molecule has 0 aromatic carbocycles. The number of allylic oxidation sites excluding steroid dienone is 9. The van der Waals surface area contributed by atoms with Crippen LogP contribution in [-0.2, 0) is 0 Å². The molecule has 100 valence electrons. The van der Waals surface area contributed by atoms with E-state index in [1.165, 1.54) is 0 Å². The summed E-state index contributed by atoms with van der Waals surface area (Å²) in [5.41, 5.74) is 9.06. The third-order valence-corrected chi connectivity index (χ3v) is 2.43. The van der Waals surface area contributed by atoms with Gasteiger partial charge in [-0.1, -0.05) is 42.1 Å². The molecule has 3 heteroatoms. The fraction of sp³-hybridized carbons (Fsp3) is 0.188. The average molecular weight is 256 g/mol. The van der Waals surface area contributed by atoms with Gasteiger partial charge in [-0.3, -0.25) is 0 Å². The van der Waals surface area contributed by atoms with Crippen molar-refractivity contribution in [1.29, 1.82) is 0 Å². The summed E-state index contributed by atoms with van der Waals surface area (Å²) < 4.78 is 5.36. The summed E-state index contributed by atoms with van der Waals surface area (Å²) in [7, 11) is 0. The first-order valence-electron chi connectivity index (χ1n) is 6.15. The molecule has 0 saturated carbocycles. The van der Waals surface area contributed by atoms with Crippen LogP contribution in [0.5, 0.6) is 0 Å². The normalized spacial score (nSPS) is 14.2. The van der Waals surface area contributed by atoms with Gasteiger partial charge in [0.05, 0.1) is 0 Å². The quantitative estimate of drug-likeness (QED) is 0.807. The van der Waals surface area contributed by atoms with Gasteiger partial charge in [-0.05, 0) is 26.8 Å². The van der Waals surface area contributed by atoms with Crippen LogP contribution in [0.1, 0.15) is 32.2 Å². The number of nitrogens with zero attached hydrogens (tertiary/aromatic N) is 1. The van der Waals surface area contributed by atoms with E-state index >= 15 is 0 Å². The molecule has 0 unspecified atom stereocenters. The van der Waals surface area contributed by atoms with E-state index in [-0.39, 0.29) is 0 Å². The molecule has 2 N–H and O–H groups in total. The molecule has 0 saturated heterocycles. The van der Waals surface area contributed by atoms with Crippen LogP contribution in [0.15, 0.2) is 59.3 Å². The summed E-state index contributed by atoms with van der Waals surface area (Å²) in [6, 6.07) is 1.89. The lowest BCUT2D eigenvalue weighted by atomic mass is 10.1. The molecular formula is C16H20N2O. The zero-order valence-corrected chi connectivity index (χ0v) is 11.7. The Labute approximate surface area is 114 Å². The van der Waals surface area contributed by atoms with Crippen molar-refractivity contribution in [2.75, 3.05) is 0 Å². The van der Waals surface area contributed by atoms with Crippen LogP contribution in [0.25, 0.3) is 11.1 Å². The Morgan fingerprint density at radius 3 is 2.63 bits per heavy atom. The maximum absolute atomic E-state index is 5.69. The van der Waals surface area contributed by atoms with Gasteiger partial charge < -0.3 is 10.3 Å². The molecule has 0 aliphatic rings. The minimum absolute atomic E-state index is 0.696. The van der Waals surface area contributed by atoms with Gasteiger partial charge in [0.15, 0.2) is 5.76 Å². The highest BCUT2D eigenvalue weighted by molar-refractivity contribution is 5.77. The van der Waals surface area contributed by atoms with E-state index in [9.17, 15) is 0 Å². The highest BCUT2D eigenvalue weighted by Crippen LogP contribution is 2.22. The molecule has 0 aliphatic heterocycles. The predicted molar refractivity (Wildman–Crippen MR) is 81.1 cm³/mol. The summed E-state index contributed by atoms with van der Waals surface area (Å²) in [5.74, 6) is 0.696. The van der Waals surface area contributed by atoms with Gasteiger partial charge >= 0.3 is 0 Å². The van der Waals surface area contributed by atoms with E-state index < -0.39 is 0 Å². The summed E-state index contributed by atoms with van der Waals surface area (Å²) in [6.45, 7) is 9.42. The van der Waals surface area contributed by atoms with Gasteiger partial charge in [-0.25, -0.2) is 0 Å². The first-order chi connectivity index (χ1) is 9.12. The standard InChI is InChI=1S/C16H20N2O/c1-5-8-14(9-6-2)15-11-16(19-18-15)13(7-3)10-12(4)17/h5-11H,1,17H2,2-4H3/b9-6-,12-10+,13-7+,14-8+. The van der Waals surface area contributed by atoms with Gasteiger partial charge in [0, 0.05) is 22.9 Å². The maximum Gasteiger partial charge on any atom is 0.167 e.